The number of H-pyrrole nitrogens is 1. The van der Waals surface area contributed by atoms with E-state index in [0.717, 1.165) is 11.4 Å². The van der Waals surface area contributed by atoms with Crippen molar-refractivity contribution in [3.8, 4) is 11.4 Å². The van der Waals surface area contributed by atoms with Crippen LogP contribution in [0.3, 0.4) is 0 Å². The van der Waals surface area contributed by atoms with Crippen LogP contribution in [0.4, 0.5) is 11.6 Å². The summed E-state index contributed by atoms with van der Waals surface area (Å²) in [6.07, 6.45) is 3.30. The van der Waals surface area contributed by atoms with Crippen molar-refractivity contribution in [1.29, 1.82) is 0 Å². The first kappa shape index (κ1) is 10.4. The molecule has 2 aromatic heterocycles. The van der Waals surface area contributed by atoms with Crippen LogP contribution in [-0.4, -0.2) is 25.4 Å². The van der Waals surface area contributed by atoms with Gasteiger partial charge in [0.15, 0.2) is 0 Å². The van der Waals surface area contributed by atoms with Crippen LogP contribution in [0.25, 0.3) is 11.4 Å². The molecule has 0 bridgehead atoms. The van der Waals surface area contributed by atoms with E-state index in [1.54, 1.807) is 18.5 Å². The van der Waals surface area contributed by atoms with Crippen LogP contribution in [0, 0.1) is 0 Å². The number of nitrogens with one attached hydrogen (secondary N) is 2. The topological polar surface area (TPSA) is 79.4 Å². The van der Waals surface area contributed by atoms with Gasteiger partial charge in [-0.25, -0.2) is 9.97 Å². The SMILES string of the molecule is c1ccc(Nc2nccc(-c3cn[nH]n3)n2)cc1. The smallest absolute Gasteiger partial charge is 0.227 e. The van der Waals surface area contributed by atoms with Crippen molar-refractivity contribution in [1.82, 2.24) is 25.4 Å². The fourth-order valence-corrected chi connectivity index (χ4v) is 1.54. The lowest BCUT2D eigenvalue weighted by Crippen LogP contribution is -1.97. The average Bonchev–Trinajstić information content (AvgIpc) is 2.94. The Balaban J connectivity index is 1.88. The van der Waals surface area contributed by atoms with Crippen molar-refractivity contribution < 1.29 is 0 Å². The number of para-hydroxylation sites is 1. The van der Waals surface area contributed by atoms with Crippen molar-refractivity contribution in [2.24, 2.45) is 0 Å². The first-order chi connectivity index (χ1) is 8.92. The Labute approximate surface area is 103 Å². The first-order valence-corrected chi connectivity index (χ1v) is 5.43. The van der Waals surface area contributed by atoms with E-state index in [9.17, 15) is 0 Å². The van der Waals surface area contributed by atoms with Crippen LogP contribution in [-0.2, 0) is 0 Å². The summed E-state index contributed by atoms with van der Waals surface area (Å²) in [5, 5.41) is 13.4. The Morgan fingerprint density at radius 1 is 1.00 bits per heavy atom. The van der Waals surface area contributed by atoms with Crippen molar-refractivity contribution in [2.45, 2.75) is 0 Å². The summed E-state index contributed by atoms with van der Waals surface area (Å²) in [5.74, 6) is 0.529. The van der Waals surface area contributed by atoms with Gasteiger partial charge in [-0.2, -0.15) is 15.4 Å². The monoisotopic (exact) mass is 238 g/mol. The summed E-state index contributed by atoms with van der Waals surface area (Å²) in [7, 11) is 0. The van der Waals surface area contributed by atoms with Crippen molar-refractivity contribution in [2.75, 3.05) is 5.32 Å². The minimum atomic E-state index is 0.529. The molecule has 0 amide bonds. The van der Waals surface area contributed by atoms with Crippen molar-refractivity contribution >= 4 is 11.6 Å². The summed E-state index contributed by atoms with van der Waals surface area (Å²) < 4.78 is 0. The second-order valence-electron chi connectivity index (χ2n) is 3.61. The average molecular weight is 238 g/mol. The third-order valence-electron chi connectivity index (χ3n) is 2.36. The molecule has 6 heteroatoms. The molecule has 0 unspecified atom stereocenters. The lowest BCUT2D eigenvalue weighted by atomic mass is 10.3. The van der Waals surface area contributed by atoms with E-state index in [4.69, 9.17) is 0 Å². The molecule has 88 valence electrons. The Morgan fingerprint density at radius 2 is 1.89 bits per heavy atom. The van der Waals surface area contributed by atoms with Gasteiger partial charge in [-0.15, -0.1) is 0 Å². The predicted octanol–water partition coefficient (Wildman–Crippen LogP) is 2.01. The van der Waals surface area contributed by atoms with E-state index in [-0.39, 0.29) is 0 Å². The van der Waals surface area contributed by atoms with E-state index < -0.39 is 0 Å². The molecule has 0 saturated heterocycles. The molecule has 2 heterocycles. The molecule has 0 fully saturated rings. The minimum Gasteiger partial charge on any atom is -0.324 e. The number of nitrogens with zero attached hydrogens (tertiary/aromatic N) is 4. The van der Waals surface area contributed by atoms with Gasteiger partial charge in [0, 0.05) is 11.9 Å². The number of anilines is 2. The maximum Gasteiger partial charge on any atom is 0.227 e. The van der Waals surface area contributed by atoms with E-state index >= 15 is 0 Å². The largest absolute Gasteiger partial charge is 0.324 e. The van der Waals surface area contributed by atoms with Gasteiger partial charge in [-0.1, -0.05) is 18.2 Å². The number of aromatic nitrogens is 5. The Bertz CT molecular complexity index is 620. The highest BCUT2D eigenvalue weighted by Crippen LogP contribution is 2.16. The Kier molecular flexibility index (Phi) is 2.67. The molecule has 2 N–H and O–H groups in total. The van der Waals surface area contributed by atoms with Crippen molar-refractivity contribution in [3.05, 3.63) is 48.8 Å². The highest BCUT2D eigenvalue weighted by atomic mass is 15.3. The molecule has 6 nitrogen and oxygen atoms in total. The Hall–Kier alpha value is -2.76. The van der Waals surface area contributed by atoms with E-state index in [2.05, 4.69) is 30.7 Å². The first-order valence-electron chi connectivity index (χ1n) is 5.43. The molecule has 0 saturated carbocycles. The van der Waals surface area contributed by atoms with Gasteiger partial charge in [0.1, 0.15) is 5.69 Å². The van der Waals surface area contributed by atoms with Gasteiger partial charge < -0.3 is 5.32 Å². The maximum absolute atomic E-state index is 4.37. The third kappa shape index (κ3) is 2.17. The molecule has 1 aromatic carbocycles. The van der Waals surface area contributed by atoms with E-state index in [1.807, 2.05) is 30.3 Å². The second-order valence-corrected chi connectivity index (χ2v) is 3.61. The van der Waals surface area contributed by atoms with Gasteiger partial charge in [0.25, 0.3) is 0 Å². The van der Waals surface area contributed by atoms with Crippen LogP contribution in [0.2, 0.25) is 0 Å². The highest BCUT2D eigenvalue weighted by molar-refractivity contribution is 5.57. The molecule has 0 aliphatic rings. The molecular weight excluding hydrogens is 228 g/mol. The van der Waals surface area contributed by atoms with Crippen LogP contribution >= 0.6 is 0 Å². The number of hydrogen-bond acceptors (Lipinski definition) is 5. The van der Waals surface area contributed by atoms with Gasteiger partial charge in [0.2, 0.25) is 5.95 Å². The summed E-state index contributed by atoms with van der Waals surface area (Å²) in [6, 6.07) is 11.5. The number of aromatic amines is 1. The molecule has 0 atom stereocenters. The van der Waals surface area contributed by atoms with Gasteiger partial charge in [0.05, 0.1) is 11.9 Å². The van der Waals surface area contributed by atoms with Gasteiger partial charge >= 0.3 is 0 Å². The molecule has 0 aliphatic heterocycles. The van der Waals surface area contributed by atoms with Gasteiger partial charge in [-0.3, -0.25) is 0 Å². The maximum atomic E-state index is 4.37. The fraction of sp³-hybridized carbons (Fsp3) is 0. The summed E-state index contributed by atoms with van der Waals surface area (Å²) >= 11 is 0. The number of benzene rings is 1. The minimum absolute atomic E-state index is 0.529. The molecule has 0 radical (unpaired) electrons. The zero-order chi connectivity index (χ0) is 12.2. The number of rotatable bonds is 3. The lowest BCUT2D eigenvalue weighted by Gasteiger charge is -2.04. The quantitative estimate of drug-likeness (QED) is 0.729. The summed E-state index contributed by atoms with van der Waals surface area (Å²) in [5.41, 5.74) is 2.35. The highest BCUT2D eigenvalue weighted by Gasteiger charge is 2.04. The third-order valence-corrected chi connectivity index (χ3v) is 2.36. The van der Waals surface area contributed by atoms with Crippen LogP contribution in [0.5, 0.6) is 0 Å². The van der Waals surface area contributed by atoms with Crippen molar-refractivity contribution in [3.63, 3.8) is 0 Å². The lowest BCUT2D eigenvalue weighted by molar-refractivity contribution is 0.940. The van der Waals surface area contributed by atoms with Crippen LogP contribution in [0.15, 0.2) is 48.8 Å². The summed E-state index contributed by atoms with van der Waals surface area (Å²) in [4.78, 5) is 8.53. The van der Waals surface area contributed by atoms with Crippen LogP contribution in [0.1, 0.15) is 0 Å². The number of hydrogen-bond donors (Lipinski definition) is 2. The molecule has 0 spiro atoms. The Morgan fingerprint density at radius 3 is 2.67 bits per heavy atom. The second kappa shape index (κ2) is 4.62. The summed E-state index contributed by atoms with van der Waals surface area (Å²) in [6.45, 7) is 0. The van der Waals surface area contributed by atoms with E-state index in [0.29, 0.717) is 11.6 Å². The fourth-order valence-electron chi connectivity index (χ4n) is 1.54. The van der Waals surface area contributed by atoms with Crippen LogP contribution < -0.4 is 5.32 Å². The molecule has 3 aromatic rings. The van der Waals surface area contributed by atoms with Gasteiger partial charge in [-0.05, 0) is 18.2 Å². The molecule has 18 heavy (non-hydrogen) atoms. The molecular formula is C12H10N6. The standard InChI is InChI=1S/C12H10N6/c1-2-4-9(5-3-1)15-12-13-7-6-10(16-12)11-8-14-18-17-11/h1-8H,(H,13,15,16)(H,14,17,18). The zero-order valence-electron chi connectivity index (χ0n) is 9.41. The van der Waals surface area contributed by atoms with E-state index in [1.165, 1.54) is 0 Å². The normalized spacial score (nSPS) is 10.2. The molecule has 3 rings (SSSR count). The molecule has 0 aliphatic carbocycles. The predicted molar refractivity (Wildman–Crippen MR) is 67.1 cm³/mol. The zero-order valence-corrected chi connectivity index (χ0v) is 9.41.